The predicted molar refractivity (Wildman–Crippen MR) is 78.1 cm³/mol. The molecule has 100 valence electrons. The third-order valence-electron chi connectivity index (χ3n) is 2.45. The molecule has 0 aliphatic carbocycles. The van der Waals surface area contributed by atoms with Crippen LogP contribution in [0.25, 0.3) is 0 Å². The lowest BCUT2D eigenvalue weighted by Crippen LogP contribution is -2.37. The summed E-state index contributed by atoms with van der Waals surface area (Å²) >= 11 is 7.69. The largest absolute Gasteiger partial charge is 0.495 e. The Balaban J connectivity index is 0.00000162. The minimum Gasteiger partial charge on any atom is -0.495 e. The van der Waals surface area contributed by atoms with Crippen LogP contribution >= 0.6 is 35.8 Å². The van der Waals surface area contributed by atoms with Crippen molar-refractivity contribution in [1.29, 1.82) is 0 Å². The van der Waals surface area contributed by atoms with Crippen molar-refractivity contribution in [3.63, 3.8) is 0 Å². The van der Waals surface area contributed by atoms with Crippen LogP contribution in [-0.2, 0) is 4.79 Å². The standard InChI is InChI=1S/C11H13ClN2O2S.ClH/c1-16-10-3-2-7(4-8(10)12)14-11(15)9-5-17-6-13-9;/h2-4,9,13H,5-6H2,1H3,(H,14,15);1H. The third-order valence-corrected chi connectivity index (χ3v) is 3.69. The molecule has 0 radical (unpaired) electrons. The van der Waals surface area contributed by atoms with Crippen molar-refractivity contribution < 1.29 is 9.53 Å². The lowest BCUT2D eigenvalue weighted by Gasteiger charge is -2.11. The van der Waals surface area contributed by atoms with E-state index in [-0.39, 0.29) is 24.4 Å². The zero-order chi connectivity index (χ0) is 12.3. The topological polar surface area (TPSA) is 50.4 Å². The van der Waals surface area contributed by atoms with Gasteiger partial charge in [0.1, 0.15) is 5.75 Å². The van der Waals surface area contributed by atoms with Crippen molar-refractivity contribution in [3.8, 4) is 5.75 Å². The molecule has 1 atom stereocenters. The van der Waals surface area contributed by atoms with E-state index in [1.807, 2.05) is 0 Å². The molecule has 1 aromatic rings. The molecule has 7 heteroatoms. The van der Waals surface area contributed by atoms with E-state index in [0.29, 0.717) is 16.5 Å². The van der Waals surface area contributed by atoms with Gasteiger partial charge in [0.2, 0.25) is 5.91 Å². The quantitative estimate of drug-likeness (QED) is 0.900. The van der Waals surface area contributed by atoms with E-state index in [1.54, 1.807) is 37.1 Å². The summed E-state index contributed by atoms with van der Waals surface area (Å²) in [5.41, 5.74) is 0.680. The number of halogens is 2. The number of carbonyl (C=O) groups is 1. The molecule has 18 heavy (non-hydrogen) atoms. The summed E-state index contributed by atoms with van der Waals surface area (Å²) in [6.45, 7) is 0. The maximum absolute atomic E-state index is 11.8. The van der Waals surface area contributed by atoms with Crippen molar-refractivity contribution in [2.45, 2.75) is 6.04 Å². The van der Waals surface area contributed by atoms with Gasteiger partial charge in [0.05, 0.1) is 18.2 Å². The summed E-state index contributed by atoms with van der Waals surface area (Å²) in [7, 11) is 1.55. The van der Waals surface area contributed by atoms with E-state index in [1.165, 1.54) is 0 Å². The molecule has 0 bridgehead atoms. The number of anilines is 1. The van der Waals surface area contributed by atoms with E-state index in [4.69, 9.17) is 16.3 Å². The normalized spacial score (nSPS) is 18.0. The van der Waals surface area contributed by atoms with Gasteiger partial charge < -0.3 is 10.1 Å². The molecular weight excluding hydrogens is 295 g/mol. The first-order chi connectivity index (χ1) is 8.20. The SMILES string of the molecule is COc1ccc(NC(=O)C2CSCN2)cc1Cl.Cl. The molecule has 1 aliphatic rings. The second kappa shape index (κ2) is 7.09. The number of amides is 1. The number of benzene rings is 1. The van der Waals surface area contributed by atoms with Crippen molar-refractivity contribution >= 4 is 47.4 Å². The van der Waals surface area contributed by atoms with E-state index in [9.17, 15) is 4.79 Å². The van der Waals surface area contributed by atoms with Gasteiger partial charge in [0.15, 0.2) is 0 Å². The van der Waals surface area contributed by atoms with Gasteiger partial charge in [-0.05, 0) is 18.2 Å². The smallest absolute Gasteiger partial charge is 0.242 e. The molecule has 4 nitrogen and oxygen atoms in total. The number of methoxy groups -OCH3 is 1. The van der Waals surface area contributed by atoms with Crippen molar-refractivity contribution in [1.82, 2.24) is 5.32 Å². The van der Waals surface area contributed by atoms with Crippen LogP contribution in [0.5, 0.6) is 5.75 Å². The van der Waals surface area contributed by atoms with Crippen molar-refractivity contribution in [2.24, 2.45) is 0 Å². The van der Waals surface area contributed by atoms with Crippen LogP contribution in [0.2, 0.25) is 5.02 Å². The number of hydrogen-bond acceptors (Lipinski definition) is 4. The van der Waals surface area contributed by atoms with E-state index >= 15 is 0 Å². The fourth-order valence-electron chi connectivity index (χ4n) is 1.54. The Morgan fingerprint density at radius 2 is 2.39 bits per heavy atom. The average Bonchev–Trinajstić information content (AvgIpc) is 2.82. The lowest BCUT2D eigenvalue weighted by molar-refractivity contribution is -0.117. The summed E-state index contributed by atoms with van der Waals surface area (Å²) in [4.78, 5) is 11.8. The van der Waals surface area contributed by atoms with Gasteiger partial charge in [0.25, 0.3) is 0 Å². The Labute approximate surface area is 121 Å². The summed E-state index contributed by atoms with van der Waals surface area (Å²) in [5, 5.41) is 6.41. The highest BCUT2D eigenvalue weighted by Gasteiger charge is 2.22. The number of rotatable bonds is 3. The van der Waals surface area contributed by atoms with E-state index < -0.39 is 0 Å². The van der Waals surface area contributed by atoms with Crippen LogP contribution in [0.1, 0.15) is 0 Å². The number of nitrogens with one attached hydrogen (secondary N) is 2. The molecule has 2 rings (SSSR count). The highest BCUT2D eigenvalue weighted by atomic mass is 35.5. The maximum Gasteiger partial charge on any atom is 0.242 e. The minimum absolute atomic E-state index is 0. The second-order valence-electron chi connectivity index (χ2n) is 3.61. The fourth-order valence-corrected chi connectivity index (χ4v) is 2.74. The molecule has 1 aromatic carbocycles. The van der Waals surface area contributed by atoms with Crippen LogP contribution in [0.3, 0.4) is 0 Å². The number of hydrogen-bond donors (Lipinski definition) is 2. The number of carbonyl (C=O) groups excluding carboxylic acids is 1. The highest BCUT2D eigenvalue weighted by Crippen LogP contribution is 2.27. The first kappa shape index (κ1) is 15.4. The minimum atomic E-state index is -0.124. The summed E-state index contributed by atoms with van der Waals surface area (Å²) in [6, 6.07) is 5.06. The van der Waals surface area contributed by atoms with Gasteiger partial charge in [-0.15, -0.1) is 24.2 Å². The van der Waals surface area contributed by atoms with Gasteiger partial charge in [-0.1, -0.05) is 11.6 Å². The zero-order valence-electron chi connectivity index (χ0n) is 9.73. The molecule has 2 N–H and O–H groups in total. The molecule has 1 amide bonds. The molecule has 1 fully saturated rings. The van der Waals surface area contributed by atoms with E-state index in [0.717, 1.165) is 11.6 Å². The number of ether oxygens (including phenoxy) is 1. The molecular formula is C11H14Cl2N2O2S. The maximum atomic E-state index is 11.8. The zero-order valence-corrected chi connectivity index (χ0v) is 12.1. The molecule has 0 spiro atoms. The predicted octanol–water partition coefficient (Wildman–Crippen LogP) is 2.37. The first-order valence-electron chi connectivity index (χ1n) is 5.16. The van der Waals surface area contributed by atoms with Crippen LogP contribution < -0.4 is 15.4 Å². The van der Waals surface area contributed by atoms with Gasteiger partial charge in [-0.3, -0.25) is 10.1 Å². The van der Waals surface area contributed by atoms with Gasteiger partial charge in [-0.25, -0.2) is 0 Å². The Morgan fingerprint density at radius 1 is 1.61 bits per heavy atom. The molecule has 1 unspecified atom stereocenters. The molecule has 0 saturated carbocycles. The van der Waals surface area contributed by atoms with Crippen LogP contribution in [0, 0.1) is 0 Å². The van der Waals surface area contributed by atoms with Gasteiger partial charge in [0, 0.05) is 17.3 Å². The summed E-state index contributed by atoms with van der Waals surface area (Å²) in [6.07, 6.45) is 0. The van der Waals surface area contributed by atoms with Crippen LogP contribution in [-0.4, -0.2) is 30.7 Å². The van der Waals surface area contributed by atoms with Crippen LogP contribution in [0.4, 0.5) is 5.69 Å². The molecule has 1 aliphatic heterocycles. The fraction of sp³-hybridized carbons (Fsp3) is 0.364. The average molecular weight is 309 g/mol. The Hall–Kier alpha value is -0.620. The Morgan fingerprint density at radius 3 is 2.94 bits per heavy atom. The third kappa shape index (κ3) is 3.68. The monoisotopic (exact) mass is 308 g/mol. The first-order valence-corrected chi connectivity index (χ1v) is 6.69. The number of thioether (sulfide) groups is 1. The highest BCUT2D eigenvalue weighted by molar-refractivity contribution is 7.99. The van der Waals surface area contributed by atoms with Gasteiger partial charge >= 0.3 is 0 Å². The molecule has 1 saturated heterocycles. The van der Waals surface area contributed by atoms with Crippen molar-refractivity contribution in [3.05, 3.63) is 23.2 Å². The Kier molecular flexibility index (Phi) is 6.08. The molecule has 0 aromatic heterocycles. The molecule has 1 heterocycles. The van der Waals surface area contributed by atoms with Gasteiger partial charge in [-0.2, -0.15) is 0 Å². The van der Waals surface area contributed by atoms with E-state index in [2.05, 4.69) is 10.6 Å². The Bertz CT molecular complexity index is 426. The van der Waals surface area contributed by atoms with Crippen molar-refractivity contribution in [2.75, 3.05) is 24.1 Å². The summed E-state index contributed by atoms with van der Waals surface area (Å²) in [5.74, 6) is 2.19. The van der Waals surface area contributed by atoms with Crippen LogP contribution in [0.15, 0.2) is 18.2 Å². The lowest BCUT2D eigenvalue weighted by atomic mass is 10.2. The second-order valence-corrected chi connectivity index (χ2v) is 5.05. The summed E-state index contributed by atoms with van der Waals surface area (Å²) < 4.78 is 5.04.